The maximum absolute atomic E-state index is 5.81. The number of aliphatic imine (C=N–C) groups is 1. The number of hydrogen-bond donors (Lipinski definition) is 1. The van der Waals surface area contributed by atoms with Crippen molar-refractivity contribution in [2.75, 3.05) is 25.8 Å². The topological polar surface area (TPSA) is 60.1 Å². The van der Waals surface area contributed by atoms with Gasteiger partial charge in [0.05, 0.1) is 32.1 Å². The molecule has 15 heavy (non-hydrogen) atoms. The highest BCUT2D eigenvalue weighted by Crippen LogP contribution is 2.39. The Morgan fingerprint density at radius 3 is 2.60 bits per heavy atom. The molecule has 1 heterocycles. The molecule has 5 nitrogen and oxygen atoms in total. The van der Waals surface area contributed by atoms with Crippen LogP contribution >= 0.6 is 0 Å². The number of methoxy groups -OCH3 is 2. The van der Waals surface area contributed by atoms with E-state index in [0.717, 1.165) is 11.4 Å². The number of anilines is 1. The summed E-state index contributed by atoms with van der Waals surface area (Å²) in [5.41, 5.74) is 1.64. The third-order valence-electron chi connectivity index (χ3n) is 2.30. The average molecular weight is 207 g/mol. The number of benzene rings is 1. The molecule has 5 heteroatoms. The molecule has 1 aliphatic rings. The number of ether oxygens (including phenoxy) is 2. The fraction of sp³-hybridized carbons (Fsp3) is 0.300. The highest BCUT2D eigenvalue weighted by molar-refractivity contribution is 5.83. The van der Waals surface area contributed by atoms with Crippen molar-refractivity contribution in [3.05, 3.63) is 12.1 Å². The fourth-order valence-electron chi connectivity index (χ4n) is 1.52. The zero-order valence-corrected chi connectivity index (χ0v) is 8.73. The Morgan fingerprint density at radius 2 is 1.93 bits per heavy atom. The van der Waals surface area contributed by atoms with Gasteiger partial charge in [-0.25, -0.2) is 5.84 Å². The van der Waals surface area contributed by atoms with Crippen LogP contribution in [0, 0.1) is 0 Å². The number of nitrogens with zero attached hydrogens (tertiary/aromatic N) is 2. The first-order valence-electron chi connectivity index (χ1n) is 4.57. The van der Waals surface area contributed by atoms with Crippen LogP contribution in [-0.2, 0) is 0 Å². The van der Waals surface area contributed by atoms with Crippen molar-refractivity contribution in [3.63, 3.8) is 0 Å². The van der Waals surface area contributed by atoms with Crippen LogP contribution in [0.2, 0.25) is 0 Å². The zero-order chi connectivity index (χ0) is 10.8. The Morgan fingerprint density at radius 1 is 1.27 bits per heavy atom. The van der Waals surface area contributed by atoms with Crippen molar-refractivity contribution in [2.24, 2.45) is 10.8 Å². The smallest absolute Gasteiger partial charge is 0.163 e. The SMILES string of the molecule is COc1cc2c(cc1OC)N(N)CC=N2. The molecule has 2 rings (SSSR count). The van der Waals surface area contributed by atoms with Crippen LogP contribution in [-0.4, -0.2) is 27.0 Å². The highest BCUT2D eigenvalue weighted by atomic mass is 16.5. The van der Waals surface area contributed by atoms with Gasteiger partial charge in [-0.3, -0.25) is 4.99 Å². The molecule has 0 bridgehead atoms. The second-order valence-corrected chi connectivity index (χ2v) is 3.16. The van der Waals surface area contributed by atoms with E-state index in [4.69, 9.17) is 15.3 Å². The molecule has 1 aromatic carbocycles. The molecule has 0 aliphatic carbocycles. The van der Waals surface area contributed by atoms with Gasteiger partial charge in [-0.2, -0.15) is 0 Å². The second-order valence-electron chi connectivity index (χ2n) is 3.16. The number of nitrogens with two attached hydrogens (primary N) is 1. The lowest BCUT2D eigenvalue weighted by Crippen LogP contribution is -2.34. The van der Waals surface area contributed by atoms with Gasteiger partial charge in [0.2, 0.25) is 0 Å². The largest absolute Gasteiger partial charge is 0.493 e. The van der Waals surface area contributed by atoms with Gasteiger partial charge >= 0.3 is 0 Å². The Kier molecular flexibility index (Phi) is 2.47. The van der Waals surface area contributed by atoms with E-state index in [9.17, 15) is 0 Å². The summed E-state index contributed by atoms with van der Waals surface area (Å²) in [5.74, 6) is 7.12. The van der Waals surface area contributed by atoms with Crippen LogP contribution < -0.4 is 20.3 Å². The standard InChI is InChI=1S/C10H13N3O2/c1-14-9-5-7-8(6-10(9)15-2)13(11)4-3-12-7/h3,5-6H,4,11H2,1-2H3. The molecular formula is C10H13N3O2. The van der Waals surface area contributed by atoms with Crippen LogP contribution in [0.15, 0.2) is 17.1 Å². The lowest BCUT2D eigenvalue weighted by molar-refractivity contribution is 0.355. The first-order chi connectivity index (χ1) is 7.26. The fourth-order valence-corrected chi connectivity index (χ4v) is 1.52. The molecule has 0 fully saturated rings. The highest BCUT2D eigenvalue weighted by Gasteiger charge is 2.15. The monoisotopic (exact) mass is 207 g/mol. The molecule has 0 spiro atoms. The average Bonchev–Trinajstić information content (AvgIpc) is 2.28. The van der Waals surface area contributed by atoms with Crippen molar-refractivity contribution < 1.29 is 9.47 Å². The Hall–Kier alpha value is -1.75. The molecule has 80 valence electrons. The van der Waals surface area contributed by atoms with E-state index >= 15 is 0 Å². The third-order valence-corrected chi connectivity index (χ3v) is 2.30. The van der Waals surface area contributed by atoms with Gasteiger partial charge in [0.15, 0.2) is 11.5 Å². The maximum atomic E-state index is 5.81. The van der Waals surface area contributed by atoms with Gasteiger partial charge in [-0.1, -0.05) is 0 Å². The van der Waals surface area contributed by atoms with Gasteiger partial charge in [0.1, 0.15) is 0 Å². The summed E-state index contributed by atoms with van der Waals surface area (Å²) in [4.78, 5) is 4.25. The maximum Gasteiger partial charge on any atom is 0.163 e. The first-order valence-corrected chi connectivity index (χ1v) is 4.57. The minimum absolute atomic E-state index is 0.600. The summed E-state index contributed by atoms with van der Waals surface area (Å²) in [6.45, 7) is 0.600. The summed E-state index contributed by atoms with van der Waals surface area (Å²) < 4.78 is 10.4. The van der Waals surface area contributed by atoms with Crippen LogP contribution in [0.1, 0.15) is 0 Å². The third kappa shape index (κ3) is 1.61. The zero-order valence-electron chi connectivity index (χ0n) is 8.73. The van der Waals surface area contributed by atoms with E-state index < -0.39 is 0 Å². The summed E-state index contributed by atoms with van der Waals surface area (Å²) in [7, 11) is 3.19. The van der Waals surface area contributed by atoms with Crippen LogP contribution in [0.25, 0.3) is 0 Å². The second kappa shape index (κ2) is 3.78. The van der Waals surface area contributed by atoms with E-state index in [2.05, 4.69) is 4.99 Å². The van der Waals surface area contributed by atoms with Gasteiger partial charge in [-0.05, 0) is 0 Å². The molecule has 0 radical (unpaired) electrons. The van der Waals surface area contributed by atoms with E-state index in [1.807, 2.05) is 12.1 Å². The number of fused-ring (bicyclic) bond motifs is 1. The van der Waals surface area contributed by atoms with Gasteiger partial charge in [0, 0.05) is 18.3 Å². The van der Waals surface area contributed by atoms with Crippen molar-refractivity contribution in [3.8, 4) is 11.5 Å². The summed E-state index contributed by atoms with van der Waals surface area (Å²) in [6, 6.07) is 3.63. The predicted molar refractivity (Wildman–Crippen MR) is 59.2 cm³/mol. The summed E-state index contributed by atoms with van der Waals surface area (Å²) in [6.07, 6.45) is 1.76. The van der Waals surface area contributed by atoms with Gasteiger partial charge < -0.3 is 14.5 Å². The van der Waals surface area contributed by atoms with Gasteiger partial charge in [-0.15, -0.1) is 0 Å². The normalized spacial score (nSPS) is 13.7. The van der Waals surface area contributed by atoms with Crippen molar-refractivity contribution in [1.82, 2.24) is 0 Å². The van der Waals surface area contributed by atoms with Crippen molar-refractivity contribution in [2.45, 2.75) is 0 Å². The first kappa shape index (κ1) is 9.79. The molecule has 0 saturated heterocycles. The molecule has 0 unspecified atom stereocenters. The molecule has 2 N–H and O–H groups in total. The lowest BCUT2D eigenvalue weighted by atomic mass is 10.2. The van der Waals surface area contributed by atoms with E-state index in [1.165, 1.54) is 0 Å². The molecule has 0 aromatic heterocycles. The van der Waals surface area contributed by atoms with Crippen molar-refractivity contribution >= 4 is 17.6 Å². The van der Waals surface area contributed by atoms with Gasteiger partial charge in [0.25, 0.3) is 0 Å². The lowest BCUT2D eigenvalue weighted by Gasteiger charge is -2.23. The Balaban J connectivity index is 2.54. The Bertz CT molecular complexity index is 404. The Labute approximate surface area is 88.1 Å². The minimum Gasteiger partial charge on any atom is -0.493 e. The number of rotatable bonds is 2. The molecular weight excluding hydrogens is 194 g/mol. The molecule has 1 aliphatic heterocycles. The summed E-state index contributed by atoms with van der Waals surface area (Å²) in [5, 5.41) is 1.62. The van der Waals surface area contributed by atoms with E-state index in [-0.39, 0.29) is 0 Å². The quantitative estimate of drug-likeness (QED) is 0.738. The number of hydrogen-bond acceptors (Lipinski definition) is 5. The van der Waals surface area contributed by atoms with Crippen LogP contribution in [0.3, 0.4) is 0 Å². The summed E-state index contributed by atoms with van der Waals surface area (Å²) >= 11 is 0. The molecule has 0 atom stereocenters. The van der Waals surface area contributed by atoms with E-state index in [0.29, 0.717) is 18.0 Å². The minimum atomic E-state index is 0.600. The molecule has 0 amide bonds. The number of hydrazine groups is 1. The van der Waals surface area contributed by atoms with Crippen LogP contribution in [0.5, 0.6) is 11.5 Å². The van der Waals surface area contributed by atoms with Crippen LogP contribution in [0.4, 0.5) is 11.4 Å². The van der Waals surface area contributed by atoms with E-state index in [1.54, 1.807) is 25.4 Å². The van der Waals surface area contributed by atoms with Crippen molar-refractivity contribution in [1.29, 1.82) is 0 Å². The molecule has 1 aromatic rings. The molecule has 0 saturated carbocycles. The predicted octanol–water partition coefficient (Wildman–Crippen LogP) is 1.10.